The number of morpholine rings is 1. The fraction of sp³-hybridized carbons (Fsp3) is 0.320. The predicted octanol–water partition coefficient (Wildman–Crippen LogP) is 3.84. The molecular weight excluding hydrogens is 388 g/mol. The highest BCUT2D eigenvalue weighted by atomic mass is 16.5. The Morgan fingerprint density at radius 1 is 1.03 bits per heavy atom. The number of rotatable bonds is 5. The van der Waals surface area contributed by atoms with Crippen LogP contribution in [0.1, 0.15) is 32.6 Å². The Hall–Kier alpha value is -3.25. The summed E-state index contributed by atoms with van der Waals surface area (Å²) in [5.41, 5.74) is 7.06. The third kappa shape index (κ3) is 4.75. The van der Waals surface area contributed by atoms with Crippen molar-refractivity contribution in [3.05, 3.63) is 76.6 Å². The van der Waals surface area contributed by atoms with Crippen molar-refractivity contribution in [1.29, 1.82) is 0 Å². The summed E-state index contributed by atoms with van der Waals surface area (Å²) in [4.78, 5) is 24.2. The third-order valence-corrected chi connectivity index (χ3v) is 5.65. The maximum atomic E-state index is 12.9. The maximum absolute atomic E-state index is 12.9. The summed E-state index contributed by atoms with van der Waals surface area (Å²) < 4.78 is 5.46. The Labute approximate surface area is 183 Å². The van der Waals surface area contributed by atoms with E-state index in [1.54, 1.807) is 12.4 Å². The van der Waals surface area contributed by atoms with E-state index in [0.29, 0.717) is 25.3 Å². The number of benzene rings is 2. The molecule has 31 heavy (non-hydrogen) atoms. The Balaban J connectivity index is 1.55. The molecule has 0 unspecified atom stereocenters. The highest BCUT2D eigenvalue weighted by Gasteiger charge is 2.19. The lowest BCUT2D eigenvalue weighted by Gasteiger charge is -2.28. The summed E-state index contributed by atoms with van der Waals surface area (Å²) >= 11 is 0. The van der Waals surface area contributed by atoms with Crippen molar-refractivity contribution in [3.8, 4) is 11.3 Å². The topological polar surface area (TPSA) is 67.4 Å². The van der Waals surface area contributed by atoms with Crippen LogP contribution in [0.5, 0.6) is 0 Å². The molecule has 1 fully saturated rings. The van der Waals surface area contributed by atoms with Crippen LogP contribution in [-0.4, -0.2) is 42.2 Å². The van der Waals surface area contributed by atoms with E-state index < -0.39 is 0 Å². The Morgan fingerprint density at radius 2 is 1.74 bits per heavy atom. The molecule has 3 aromatic rings. The molecule has 2 heterocycles. The molecule has 0 radical (unpaired) electrons. The molecule has 6 heteroatoms. The molecule has 0 bridgehead atoms. The van der Waals surface area contributed by atoms with Gasteiger partial charge in [0.1, 0.15) is 5.69 Å². The summed E-state index contributed by atoms with van der Waals surface area (Å²) in [6.45, 7) is 9.68. The molecule has 1 aromatic heterocycles. The van der Waals surface area contributed by atoms with Gasteiger partial charge in [0.15, 0.2) is 5.82 Å². The largest absolute Gasteiger partial charge is 0.378 e. The second-order valence-corrected chi connectivity index (χ2v) is 7.97. The summed E-state index contributed by atoms with van der Waals surface area (Å²) in [7, 11) is 0. The first-order valence-electron chi connectivity index (χ1n) is 10.6. The number of nitrogens with zero attached hydrogens (tertiary/aromatic N) is 3. The molecule has 1 aliphatic heterocycles. The number of anilines is 1. The van der Waals surface area contributed by atoms with Gasteiger partial charge in [-0.25, -0.2) is 4.98 Å². The van der Waals surface area contributed by atoms with Gasteiger partial charge in [0.05, 0.1) is 13.2 Å². The van der Waals surface area contributed by atoms with E-state index in [4.69, 9.17) is 4.74 Å². The van der Waals surface area contributed by atoms with E-state index in [1.165, 1.54) is 22.3 Å². The van der Waals surface area contributed by atoms with Crippen molar-refractivity contribution in [2.24, 2.45) is 0 Å². The summed E-state index contributed by atoms with van der Waals surface area (Å²) in [6, 6.07) is 11.9. The Bertz CT molecular complexity index is 1070. The van der Waals surface area contributed by atoms with E-state index in [1.807, 2.05) is 24.3 Å². The molecule has 0 spiro atoms. The number of hydrogen-bond acceptors (Lipinski definition) is 5. The first kappa shape index (κ1) is 21.0. The van der Waals surface area contributed by atoms with Crippen LogP contribution >= 0.6 is 0 Å². The molecule has 160 valence electrons. The van der Waals surface area contributed by atoms with Crippen molar-refractivity contribution in [1.82, 2.24) is 15.3 Å². The van der Waals surface area contributed by atoms with E-state index in [2.05, 4.69) is 53.1 Å². The minimum Gasteiger partial charge on any atom is -0.378 e. The van der Waals surface area contributed by atoms with Crippen LogP contribution in [0.2, 0.25) is 0 Å². The maximum Gasteiger partial charge on any atom is 0.251 e. The molecule has 1 aliphatic rings. The molecule has 4 rings (SSSR count). The zero-order valence-electron chi connectivity index (χ0n) is 18.3. The number of aryl methyl sites for hydroxylation is 3. The van der Waals surface area contributed by atoms with E-state index in [-0.39, 0.29) is 5.91 Å². The average molecular weight is 417 g/mol. The van der Waals surface area contributed by atoms with Gasteiger partial charge in [-0.3, -0.25) is 9.78 Å². The zero-order valence-corrected chi connectivity index (χ0v) is 18.3. The van der Waals surface area contributed by atoms with E-state index in [9.17, 15) is 4.79 Å². The fourth-order valence-electron chi connectivity index (χ4n) is 4.11. The molecule has 1 saturated heterocycles. The molecule has 0 aliphatic carbocycles. The van der Waals surface area contributed by atoms with Gasteiger partial charge in [-0.15, -0.1) is 0 Å². The summed E-state index contributed by atoms with van der Waals surface area (Å²) in [6.07, 6.45) is 3.39. The van der Waals surface area contributed by atoms with Crippen LogP contribution in [0.4, 0.5) is 5.82 Å². The van der Waals surface area contributed by atoms with Gasteiger partial charge in [0, 0.05) is 43.2 Å². The average Bonchev–Trinajstić information content (AvgIpc) is 2.79. The number of hydrogen-bond donors (Lipinski definition) is 1. The van der Waals surface area contributed by atoms with Gasteiger partial charge in [0.2, 0.25) is 0 Å². The van der Waals surface area contributed by atoms with Crippen LogP contribution in [0, 0.1) is 20.8 Å². The lowest BCUT2D eigenvalue weighted by atomic mass is 9.99. The lowest BCUT2D eigenvalue weighted by Crippen LogP contribution is -2.37. The second kappa shape index (κ2) is 9.27. The van der Waals surface area contributed by atoms with Crippen LogP contribution in [-0.2, 0) is 11.3 Å². The monoisotopic (exact) mass is 416 g/mol. The first-order chi connectivity index (χ1) is 15.0. The number of carbonyl (C=O) groups excluding carboxylic acids is 1. The summed E-state index contributed by atoms with van der Waals surface area (Å²) in [5.74, 6) is 0.729. The molecule has 1 amide bonds. The minimum absolute atomic E-state index is 0.0990. The number of nitrogens with one attached hydrogen (secondary N) is 1. The smallest absolute Gasteiger partial charge is 0.251 e. The van der Waals surface area contributed by atoms with Crippen molar-refractivity contribution in [2.45, 2.75) is 27.3 Å². The van der Waals surface area contributed by atoms with Crippen molar-refractivity contribution >= 4 is 11.7 Å². The van der Waals surface area contributed by atoms with Crippen LogP contribution in [0.15, 0.2) is 48.8 Å². The van der Waals surface area contributed by atoms with Gasteiger partial charge in [-0.1, -0.05) is 29.8 Å². The van der Waals surface area contributed by atoms with E-state index >= 15 is 0 Å². The van der Waals surface area contributed by atoms with Crippen LogP contribution < -0.4 is 10.2 Å². The molecule has 6 nitrogen and oxygen atoms in total. The number of aromatic nitrogens is 2. The number of ether oxygens (including phenoxy) is 1. The highest BCUT2D eigenvalue weighted by molar-refractivity contribution is 5.95. The van der Waals surface area contributed by atoms with Crippen molar-refractivity contribution in [3.63, 3.8) is 0 Å². The normalized spacial score (nSPS) is 13.8. The van der Waals surface area contributed by atoms with Gasteiger partial charge >= 0.3 is 0 Å². The molecule has 2 aromatic carbocycles. The van der Waals surface area contributed by atoms with Gasteiger partial charge in [-0.05, 0) is 49.6 Å². The Kier molecular flexibility index (Phi) is 6.28. The quantitative estimate of drug-likeness (QED) is 0.685. The molecule has 1 N–H and O–H groups in total. The molecule has 0 saturated carbocycles. The van der Waals surface area contributed by atoms with Gasteiger partial charge < -0.3 is 15.0 Å². The Morgan fingerprint density at radius 3 is 2.48 bits per heavy atom. The lowest BCUT2D eigenvalue weighted by molar-refractivity contribution is 0.0951. The highest BCUT2D eigenvalue weighted by Crippen LogP contribution is 2.28. The first-order valence-corrected chi connectivity index (χ1v) is 10.6. The predicted molar refractivity (Wildman–Crippen MR) is 122 cm³/mol. The standard InChI is InChI=1S/C25H28N4O2/c1-17-13-18(2)22(19(3)14-17)16-28-25(30)21-6-4-5-20(15-21)23-24(27-8-7-26-23)29-9-11-31-12-10-29/h4-8,13-15H,9-12,16H2,1-3H3,(H,28,30). The van der Waals surface area contributed by atoms with Crippen LogP contribution in [0.3, 0.4) is 0 Å². The number of amides is 1. The van der Waals surface area contributed by atoms with Crippen molar-refractivity contribution in [2.75, 3.05) is 31.2 Å². The van der Waals surface area contributed by atoms with Crippen LogP contribution in [0.25, 0.3) is 11.3 Å². The second-order valence-electron chi connectivity index (χ2n) is 7.97. The van der Waals surface area contributed by atoms with Gasteiger partial charge in [0.25, 0.3) is 5.91 Å². The third-order valence-electron chi connectivity index (χ3n) is 5.65. The fourth-order valence-corrected chi connectivity index (χ4v) is 4.11. The SMILES string of the molecule is Cc1cc(C)c(CNC(=O)c2cccc(-c3nccnc3N3CCOCC3)c2)c(C)c1. The van der Waals surface area contributed by atoms with E-state index in [0.717, 1.165) is 30.2 Å². The zero-order chi connectivity index (χ0) is 21.8. The number of carbonyl (C=O) groups is 1. The minimum atomic E-state index is -0.0990. The molecule has 0 atom stereocenters. The van der Waals surface area contributed by atoms with Crippen molar-refractivity contribution < 1.29 is 9.53 Å². The molecular formula is C25H28N4O2. The summed E-state index contributed by atoms with van der Waals surface area (Å²) in [5, 5.41) is 3.07. The van der Waals surface area contributed by atoms with Gasteiger partial charge in [-0.2, -0.15) is 0 Å².